The Bertz CT molecular complexity index is 1810. The topological polar surface area (TPSA) is 86.8 Å². The molecule has 0 spiro atoms. The van der Waals surface area contributed by atoms with Gasteiger partial charge >= 0.3 is 6.18 Å². The average molecular weight is 693 g/mol. The lowest BCUT2D eigenvalue weighted by molar-refractivity contribution is -0.139. The second-order valence-corrected chi connectivity index (χ2v) is 13.1. The number of rotatable bonds is 11. The van der Waals surface area contributed by atoms with Crippen molar-refractivity contribution < 1.29 is 31.2 Å². The zero-order chi connectivity index (χ0) is 33.6. The van der Waals surface area contributed by atoms with Gasteiger partial charge in [-0.15, -0.1) is 0 Å². The van der Waals surface area contributed by atoms with Crippen LogP contribution in [0.25, 0.3) is 0 Å². The van der Waals surface area contributed by atoms with Crippen LogP contribution >= 0.6 is 23.2 Å². The number of carbonyl (C=O) groups excluding carboxylic acids is 2. The molecule has 0 aromatic heterocycles. The van der Waals surface area contributed by atoms with Crippen molar-refractivity contribution >= 4 is 50.7 Å². The maximum Gasteiger partial charge on any atom is 0.417 e. The maximum atomic E-state index is 14.3. The Morgan fingerprint density at radius 1 is 0.870 bits per heavy atom. The summed E-state index contributed by atoms with van der Waals surface area (Å²) in [7, 11) is -3.22. The van der Waals surface area contributed by atoms with Gasteiger partial charge in [0.25, 0.3) is 10.0 Å². The Morgan fingerprint density at radius 3 is 2.11 bits per heavy atom. The van der Waals surface area contributed by atoms with E-state index in [1.54, 1.807) is 61.5 Å². The number of aryl methyl sites for hydroxylation is 1. The Kier molecular flexibility index (Phi) is 11.0. The third-order valence-electron chi connectivity index (χ3n) is 7.25. The lowest BCUT2D eigenvalue weighted by atomic mass is 10.0. The molecular weight excluding hydrogens is 662 g/mol. The lowest BCUT2D eigenvalue weighted by Crippen LogP contribution is -2.53. The monoisotopic (exact) mass is 691 g/mol. The van der Waals surface area contributed by atoms with Gasteiger partial charge in [-0.25, -0.2) is 8.42 Å². The summed E-state index contributed by atoms with van der Waals surface area (Å²) in [4.78, 5) is 28.6. The third kappa shape index (κ3) is 8.20. The molecule has 0 bridgehead atoms. The fraction of sp³-hybridized carbons (Fsp3) is 0.212. The summed E-state index contributed by atoms with van der Waals surface area (Å²) in [6.45, 7) is 0.600. The number of hydrogen-bond acceptors (Lipinski definition) is 4. The summed E-state index contributed by atoms with van der Waals surface area (Å²) >= 11 is 12.3. The van der Waals surface area contributed by atoms with Crippen LogP contribution in [0.3, 0.4) is 0 Å². The van der Waals surface area contributed by atoms with Crippen molar-refractivity contribution in [1.82, 2.24) is 10.2 Å². The first-order chi connectivity index (χ1) is 21.7. The van der Waals surface area contributed by atoms with Crippen molar-refractivity contribution in [2.24, 2.45) is 0 Å². The molecule has 46 heavy (non-hydrogen) atoms. The zero-order valence-electron chi connectivity index (χ0n) is 24.8. The van der Waals surface area contributed by atoms with E-state index in [0.29, 0.717) is 26.5 Å². The summed E-state index contributed by atoms with van der Waals surface area (Å²) in [5, 5.41) is 2.22. The molecule has 1 atom stereocenters. The number of hydrogen-bond donors (Lipinski definition) is 1. The van der Waals surface area contributed by atoms with Crippen LogP contribution in [0, 0.1) is 6.92 Å². The summed E-state index contributed by atoms with van der Waals surface area (Å²) in [6.07, 6.45) is -4.85. The highest BCUT2D eigenvalue weighted by Gasteiger charge is 2.37. The smallest absolute Gasteiger partial charge is 0.357 e. The summed E-state index contributed by atoms with van der Waals surface area (Å²) in [6, 6.07) is 22.6. The molecule has 0 saturated heterocycles. The van der Waals surface area contributed by atoms with E-state index >= 15 is 0 Å². The van der Waals surface area contributed by atoms with E-state index in [1.165, 1.54) is 36.2 Å². The number of amides is 2. The molecule has 2 amide bonds. The number of nitrogens with zero attached hydrogens (tertiary/aromatic N) is 2. The van der Waals surface area contributed by atoms with E-state index in [1.807, 2.05) is 0 Å². The number of halogens is 5. The zero-order valence-corrected chi connectivity index (χ0v) is 27.1. The van der Waals surface area contributed by atoms with Gasteiger partial charge in [0.2, 0.25) is 11.8 Å². The summed E-state index contributed by atoms with van der Waals surface area (Å²) < 4.78 is 70.3. The highest BCUT2D eigenvalue weighted by Crippen LogP contribution is 2.38. The average Bonchev–Trinajstić information content (AvgIpc) is 3.02. The molecule has 4 aromatic rings. The highest BCUT2D eigenvalue weighted by atomic mass is 35.5. The Balaban J connectivity index is 1.86. The summed E-state index contributed by atoms with van der Waals surface area (Å²) in [5.41, 5.74) is 0.210. The molecule has 0 fully saturated rings. The van der Waals surface area contributed by atoms with E-state index < -0.39 is 56.9 Å². The fourth-order valence-electron chi connectivity index (χ4n) is 4.78. The third-order valence-corrected chi connectivity index (χ3v) is 9.73. The van der Waals surface area contributed by atoms with E-state index in [4.69, 9.17) is 23.2 Å². The van der Waals surface area contributed by atoms with Crippen molar-refractivity contribution in [3.63, 3.8) is 0 Å². The normalized spacial score (nSPS) is 12.3. The molecule has 0 aliphatic heterocycles. The van der Waals surface area contributed by atoms with E-state index in [9.17, 15) is 31.2 Å². The number of alkyl halides is 3. The van der Waals surface area contributed by atoms with Crippen LogP contribution in [0.5, 0.6) is 0 Å². The van der Waals surface area contributed by atoms with Gasteiger partial charge in [-0.05, 0) is 54.4 Å². The first-order valence-electron chi connectivity index (χ1n) is 14.0. The van der Waals surface area contributed by atoms with Crippen molar-refractivity contribution in [3.05, 3.63) is 129 Å². The molecule has 0 radical (unpaired) electrons. The number of anilines is 1. The SMILES string of the molecule is CNC(=O)C(Cc1ccccc1)N(Cc1ccccc1Cl)C(=O)CN(c1ccc(Cl)c(C(F)(F)F)c1)S(=O)(=O)c1ccc(C)cc1. The number of carbonyl (C=O) groups is 2. The molecule has 4 rings (SSSR count). The maximum absolute atomic E-state index is 14.3. The molecule has 0 aliphatic carbocycles. The predicted molar refractivity (Wildman–Crippen MR) is 172 cm³/mol. The van der Waals surface area contributed by atoms with Gasteiger partial charge in [-0.1, -0.05) is 89.4 Å². The Labute approximate surface area is 275 Å². The van der Waals surface area contributed by atoms with Crippen molar-refractivity contribution in [3.8, 4) is 0 Å². The van der Waals surface area contributed by atoms with Crippen LogP contribution < -0.4 is 9.62 Å². The van der Waals surface area contributed by atoms with Gasteiger partial charge in [0, 0.05) is 25.0 Å². The first kappa shape index (κ1) is 34.8. The number of sulfonamides is 1. The van der Waals surface area contributed by atoms with Crippen LogP contribution in [-0.4, -0.2) is 44.8 Å². The highest BCUT2D eigenvalue weighted by molar-refractivity contribution is 7.92. The van der Waals surface area contributed by atoms with E-state index in [2.05, 4.69) is 5.32 Å². The minimum Gasteiger partial charge on any atom is -0.357 e. The summed E-state index contributed by atoms with van der Waals surface area (Å²) in [5.74, 6) is -1.40. The largest absolute Gasteiger partial charge is 0.417 e. The van der Waals surface area contributed by atoms with Crippen molar-refractivity contribution in [1.29, 1.82) is 0 Å². The Morgan fingerprint density at radius 2 is 1.50 bits per heavy atom. The minimum atomic E-state index is -4.91. The molecule has 4 aromatic carbocycles. The molecule has 0 heterocycles. The lowest BCUT2D eigenvalue weighted by Gasteiger charge is -2.34. The first-order valence-corrected chi connectivity index (χ1v) is 16.2. The van der Waals surface area contributed by atoms with Gasteiger partial charge < -0.3 is 10.2 Å². The van der Waals surface area contributed by atoms with Gasteiger partial charge in [-0.3, -0.25) is 13.9 Å². The molecule has 7 nitrogen and oxygen atoms in total. The molecule has 0 saturated carbocycles. The molecular formula is C33H30Cl2F3N3O4S. The fourth-order valence-corrected chi connectivity index (χ4v) is 6.61. The number of benzene rings is 4. The molecule has 1 N–H and O–H groups in total. The number of likely N-dealkylation sites (N-methyl/N-ethyl adjacent to an activating group) is 1. The minimum absolute atomic E-state index is 0.0561. The van der Waals surface area contributed by atoms with Crippen LogP contribution in [0.4, 0.5) is 18.9 Å². The van der Waals surface area contributed by atoms with E-state index in [-0.39, 0.29) is 17.9 Å². The van der Waals surface area contributed by atoms with E-state index in [0.717, 1.165) is 17.7 Å². The second-order valence-electron chi connectivity index (χ2n) is 10.4. The molecule has 0 aliphatic rings. The van der Waals surface area contributed by atoms with Crippen molar-refractivity contribution in [2.75, 3.05) is 17.9 Å². The number of nitrogens with one attached hydrogen (secondary N) is 1. The van der Waals surface area contributed by atoms with Crippen LogP contribution in [0.1, 0.15) is 22.3 Å². The van der Waals surface area contributed by atoms with Gasteiger partial charge in [0.15, 0.2) is 0 Å². The molecule has 242 valence electrons. The second kappa shape index (κ2) is 14.6. The quantitative estimate of drug-likeness (QED) is 0.185. The molecule has 13 heteroatoms. The van der Waals surface area contributed by atoms with Crippen molar-refractivity contribution in [2.45, 2.75) is 37.0 Å². The molecule has 1 unspecified atom stereocenters. The standard InChI is InChI=1S/C33H30Cl2F3N3O4S/c1-22-12-15-26(16-13-22)46(44,45)41(25-14-17-29(35)27(19-25)33(36,37)38)21-31(42)40(20-24-10-6-7-11-28(24)34)30(32(43)39-2)18-23-8-4-3-5-9-23/h3-17,19,30H,18,20-21H2,1-2H3,(H,39,43). The Hall–Kier alpha value is -4.06. The van der Waals surface area contributed by atoms with Gasteiger partial charge in [0.05, 0.1) is 21.2 Å². The van der Waals surface area contributed by atoms with Crippen LogP contribution in [-0.2, 0) is 38.8 Å². The van der Waals surface area contributed by atoms with Crippen LogP contribution in [0.2, 0.25) is 10.0 Å². The van der Waals surface area contributed by atoms with Gasteiger partial charge in [-0.2, -0.15) is 13.2 Å². The van der Waals surface area contributed by atoms with Gasteiger partial charge in [0.1, 0.15) is 12.6 Å². The predicted octanol–water partition coefficient (Wildman–Crippen LogP) is 6.90. The van der Waals surface area contributed by atoms with Crippen LogP contribution in [0.15, 0.2) is 102 Å².